The second-order valence-corrected chi connectivity index (χ2v) is 6.72. The average molecular weight is 328 g/mol. The molecule has 2 aromatic rings. The van der Waals surface area contributed by atoms with Crippen molar-refractivity contribution in [3.63, 3.8) is 0 Å². The second kappa shape index (κ2) is 5.73. The van der Waals surface area contributed by atoms with Crippen molar-refractivity contribution in [2.45, 2.75) is 30.7 Å². The average Bonchev–Trinajstić information content (AvgIpc) is 3.14. The molecule has 0 saturated heterocycles. The van der Waals surface area contributed by atoms with E-state index in [9.17, 15) is 9.59 Å². The number of amides is 2. The summed E-state index contributed by atoms with van der Waals surface area (Å²) in [6.45, 7) is 1.35. The minimum absolute atomic E-state index is 0.173. The summed E-state index contributed by atoms with van der Waals surface area (Å²) in [6.07, 6.45) is 2.49. The second-order valence-electron chi connectivity index (χ2n) is 5.66. The predicted molar refractivity (Wildman–Crippen MR) is 86.2 cm³/mol. The molecule has 0 radical (unpaired) electrons. The van der Waals surface area contributed by atoms with Crippen LogP contribution in [0.2, 0.25) is 0 Å². The van der Waals surface area contributed by atoms with Crippen LogP contribution in [0.25, 0.3) is 0 Å². The molecule has 0 bridgehead atoms. The van der Waals surface area contributed by atoms with Crippen LogP contribution >= 0.6 is 11.8 Å². The maximum absolute atomic E-state index is 12.3. The lowest BCUT2D eigenvalue weighted by Crippen LogP contribution is -2.50. The van der Waals surface area contributed by atoms with Crippen LogP contribution in [0.5, 0.6) is 0 Å². The van der Waals surface area contributed by atoms with Gasteiger partial charge in [0.15, 0.2) is 5.16 Å². The number of imidazole rings is 1. The summed E-state index contributed by atoms with van der Waals surface area (Å²) in [5.74, 6) is 0.695. The molecule has 4 rings (SSSR count). The minimum atomic E-state index is -0.527. The quantitative estimate of drug-likeness (QED) is 0.880. The van der Waals surface area contributed by atoms with Gasteiger partial charge in [-0.3, -0.25) is 9.59 Å². The molecule has 3 heterocycles. The number of benzene rings is 1. The molecule has 118 valence electrons. The van der Waals surface area contributed by atoms with Crippen LogP contribution < -0.4 is 10.6 Å². The van der Waals surface area contributed by atoms with Gasteiger partial charge in [0.25, 0.3) is 5.91 Å². The van der Waals surface area contributed by atoms with Crippen molar-refractivity contribution in [2.75, 3.05) is 5.75 Å². The number of carbonyl (C=O) groups excluding carboxylic acids is 2. The van der Waals surface area contributed by atoms with E-state index in [1.807, 2.05) is 24.4 Å². The standard InChI is InChI=1S/C16H16N4O2S/c21-14-12-4-2-1-3-10(12)7-13(19-14)15(22)17-8-11-9-20-5-6-23-16(20)18-11/h1-4,9,13H,5-8H2,(H,17,22)(H,19,21). The monoisotopic (exact) mass is 328 g/mol. The number of aryl methyl sites for hydroxylation is 1. The van der Waals surface area contributed by atoms with Crippen molar-refractivity contribution >= 4 is 23.6 Å². The molecule has 0 saturated carbocycles. The Morgan fingerprint density at radius 3 is 3.17 bits per heavy atom. The van der Waals surface area contributed by atoms with E-state index in [0.717, 1.165) is 28.7 Å². The van der Waals surface area contributed by atoms with Crippen LogP contribution in [-0.4, -0.2) is 33.2 Å². The van der Waals surface area contributed by atoms with Gasteiger partial charge in [0, 0.05) is 30.5 Å². The third-order valence-electron chi connectivity index (χ3n) is 4.10. The van der Waals surface area contributed by atoms with E-state index >= 15 is 0 Å². The normalized spacial score (nSPS) is 19.0. The Bertz CT molecular complexity index is 765. The van der Waals surface area contributed by atoms with E-state index in [1.54, 1.807) is 17.8 Å². The highest BCUT2D eigenvalue weighted by molar-refractivity contribution is 7.99. The number of carbonyl (C=O) groups is 2. The lowest BCUT2D eigenvalue weighted by atomic mass is 9.95. The first-order valence-corrected chi connectivity index (χ1v) is 8.54. The summed E-state index contributed by atoms with van der Waals surface area (Å²) in [4.78, 5) is 28.9. The Morgan fingerprint density at radius 2 is 2.30 bits per heavy atom. The molecule has 23 heavy (non-hydrogen) atoms. The molecule has 0 aliphatic carbocycles. The zero-order valence-corrected chi connectivity index (χ0v) is 13.2. The molecule has 0 fully saturated rings. The summed E-state index contributed by atoms with van der Waals surface area (Å²) in [6, 6.07) is 6.86. The van der Waals surface area contributed by atoms with Crippen molar-refractivity contribution < 1.29 is 9.59 Å². The van der Waals surface area contributed by atoms with Crippen LogP contribution in [0.4, 0.5) is 0 Å². The van der Waals surface area contributed by atoms with Crippen molar-refractivity contribution in [1.29, 1.82) is 0 Å². The number of hydrogen-bond donors (Lipinski definition) is 2. The van der Waals surface area contributed by atoms with Gasteiger partial charge in [-0.1, -0.05) is 30.0 Å². The predicted octanol–water partition coefficient (Wildman–Crippen LogP) is 0.960. The lowest BCUT2D eigenvalue weighted by Gasteiger charge is -2.24. The van der Waals surface area contributed by atoms with E-state index < -0.39 is 6.04 Å². The van der Waals surface area contributed by atoms with E-state index in [-0.39, 0.29) is 11.8 Å². The Kier molecular flexibility index (Phi) is 3.57. The Balaban J connectivity index is 1.40. The van der Waals surface area contributed by atoms with Crippen molar-refractivity contribution in [2.24, 2.45) is 0 Å². The highest BCUT2D eigenvalue weighted by Crippen LogP contribution is 2.24. The third-order valence-corrected chi connectivity index (χ3v) is 5.08. The highest BCUT2D eigenvalue weighted by atomic mass is 32.2. The number of rotatable bonds is 3. The van der Waals surface area contributed by atoms with E-state index in [2.05, 4.69) is 20.2 Å². The zero-order valence-electron chi connectivity index (χ0n) is 12.4. The van der Waals surface area contributed by atoms with Gasteiger partial charge in [-0.15, -0.1) is 0 Å². The Morgan fingerprint density at radius 1 is 1.43 bits per heavy atom. The molecule has 1 aromatic heterocycles. The first-order chi connectivity index (χ1) is 11.2. The number of fused-ring (bicyclic) bond motifs is 2. The van der Waals surface area contributed by atoms with Gasteiger partial charge in [-0.2, -0.15) is 0 Å². The molecule has 7 heteroatoms. The zero-order chi connectivity index (χ0) is 15.8. The molecule has 2 aliphatic heterocycles. The molecular weight excluding hydrogens is 312 g/mol. The van der Waals surface area contributed by atoms with Crippen LogP contribution in [0.1, 0.15) is 21.6 Å². The number of aromatic nitrogens is 2. The molecule has 2 aliphatic rings. The number of thioether (sulfide) groups is 1. The third kappa shape index (κ3) is 2.72. The number of nitrogens with one attached hydrogen (secondary N) is 2. The minimum Gasteiger partial charge on any atom is -0.349 e. The molecule has 1 atom stereocenters. The molecule has 1 aromatic carbocycles. The fraction of sp³-hybridized carbons (Fsp3) is 0.312. The van der Waals surface area contributed by atoms with Gasteiger partial charge in [0.05, 0.1) is 12.2 Å². The highest BCUT2D eigenvalue weighted by Gasteiger charge is 2.28. The van der Waals surface area contributed by atoms with Gasteiger partial charge in [0.1, 0.15) is 6.04 Å². The summed E-state index contributed by atoms with van der Waals surface area (Å²) in [5, 5.41) is 6.65. The van der Waals surface area contributed by atoms with E-state index in [4.69, 9.17) is 0 Å². The van der Waals surface area contributed by atoms with Gasteiger partial charge in [-0.05, 0) is 11.6 Å². The van der Waals surface area contributed by atoms with Crippen molar-refractivity contribution in [3.8, 4) is 0 Å². The van der Waals surface area contributed by atoms with Crippen LogP contribution in [-0.2, 0) is 24.3 Å². The Labute approximate surface area is 137 Å². The fourth-order valence-corrected chi connectivity index (χ4v) is 3.89. The molecule has 1 unspecified atom stereocenters. The number of hydrogen-bond acceptors (Lipinski definition) is 4. The molecule has 0 spiro atoms. The summed E-state index contributed by atoms with van der Waals surface area (Å²) < 4.78 is 2.10. The maximum Gasteiger partial charge on any atom is 0.252 e. The van der Waals surface area contributed by atoms with Crippen molar-refractivity contribution in [1.82, 2.24) is 20.2 Å². The van der Waals surface area contributed by atoms with E-state index in [1.165, 1.54) is 0 Å². The SMILES string of the molecule is O=C1NC(C(=O)NCc2cn3c(n2)SCC3)Cc2ccccc21. The van der Waals surface area contributed by atoms with Gasteiger partial charge >= 0.3 is 0 Å². The van der Waals surface area contributed by atoms with E-state index in [0.29, 0.717) is 18.5 Å². The molecule has 2 N–H and O–H groups in total. The fourth-order valence-electron chi connectivity index (χ4n) is 2.93. The van der Waals surface area contributed by atoms with Gasteiger partial charge in [0.2, 0.25) is 5.91 Å². The topological polar surface area (TPSA) is 76.0 Å². The Hall–Kier alpha value is -2.28. The van der Waals surface area contributed by atoms with Gasteiger partial charge in [-0.25, -0.2) is 4.98 Å². The van der Waals surface area contributed by atoms with Crippen LogP contribution in [0, 0.1) is 0 Å². The molecule has 2 amide bonds. The summed E-state index contributed by atoms with van der Waals surface area (Å²) >= 11 is 1.73. The van der Waals surface area contributed by atoms with Gasteiger partial charge < -0.3 is 15.2 Å². The summed E-state index contributed by atoms with van der Waals surface area (Å²) in [7, 11) is 0. The van der Waals surface area contributed by atoms with Crippen LogP contribution in [0.3, 0.4) is 0 Å². The number of nitrogens with zero attached hydrogens (tertiary/aromatic N) is 2. The summed E-state index contributed by atoms with van der Waals surface area (Å²) in [5.41, 5.74) is 2.41. The maximum atomic E-state index is 12.3. The van der Waals surface area contributed by atoms with Crippen molar-refractivity contribution in [3.05, 3.63) is 47.3 Å². The lowest BCUT2D eigenvalue weighted by molar-refractivity contribution is -0.123. The molecule has 6 nitrogen and oxygen atoms in total. The molecular formula is C16H16N4O2S. The largest absolute Gasteiger partial charge is 0.349 e. The van der Waals surface area contributed by atoms with Crippen LogP contribution in [0.15, 0.2) is 35.6 Å². The smallest absolute Gasteiger partial charge is 0.252 e. The first kappa shape index (κ1) is 14.3. The first-order valence-electron chi connectivity index (χ1n) is 7.56.